The molecule has 2 rings (SSSR count). The van der Waals surface area contributed by atoms with Crippen LogP contribution in [-0.4, -0.2) is 30.6 Å². The summed E-state index contributed by atoms with van der Waals surface area (Å²) in [4.78, 5) is 5.56. The Morgan fingerprint density at radius 1 is 1.53 bits per heavy atom. The van der Waals surface area contributed by atoms with Gasteiger partial charge in [-0.2, -0.15) is 0 Å². The Morgan fingerprint density at radius 3 is 3.00 bits per heavy atom. The van der Waals surface area contributed by atoms with E-state index in [9.17, 15) is 0 Å². The lowest BCUT2D eigenvalue weighted by Crippen LogP contribution is -2.51. The van der Waals surface area contributed by atoms with Crippen LogP contribution < -0.4 is 5.32 Å². The third-order valence-electron chi connectivity index (χ3n) is 3.64. The van der Waals surface area contributed by atoms with E-state index in [0.717, 1.165) is 6.54 Å². The summed E-state index contributed by atoms with van der Waals surface area (Å²) in [6, 6.07) is 5.80. The van der Waals surface area contributed by atoms with E-state index in [1.807, 2.05) is 11.3 Å². The van der Waals surface area contributed by atoms with Crippen LogP contribution in [0.1, 0.15) is 42.5 Å². The average molecular weight is 252 g/mol. The number of piperazine rings is 1. The maximum Gasteiger partial charge on any atom is 0.0414 e. The van der Waals surface area contributed by atoms with Gasteiger partial charge in [-0.15, -0.1) is 11.3 Å². The van der Waals surface area contributed by atoms with Gasteiger partial charge in [0.2, 0.25) is 0 Å². The van der Waals surface area contributed by atoms with E-state index < -0.39 is 0 Å². The molecule has 2 nitrogen and oxygen atoms in total. The lowest BCUT2D eigenvalue weighted by molar-refractivity contribution is 0.151. The van der Waals surface area contributed by atoms with Gasteiger partial charge in [0.05, 0.1) is 0 Å². The number of nitrogens with one attached hydrogen (secondary N) is 1. The summed E-state index contributed by atoms with van der Waals surface area (Å²) in [7, 11) is 0. The Kier molecular flexibility index (Phi) is 4.60. The molecule has 96 valence electrons. The highest BCUT2D eigenvalue weighted by molar-refractivity contribution is 7.12. The Bertz CT molecular complexity index is 346. The molecular formula is C14H24N2S. The fourth-order valence-electron chi connectivity index (χ4n) is 2.60. The zero-order chi connectivity index (χ0) is 12.3. The van der Waals surface area contributed by atoms with Crippen molar-refractivity contribution in [1.29, 1.82) is 0 Å². The number of thiophene rings is 1. The van der Waals surface area contributed by atoms with Crippen molar-refractivity contribution in [3.05, 3.63) is 21.9 Å². The molecular weight excluding hydrogens is 228 g/mol. The molecule has 0 radical (unpaired) electrons. The Balaban J connectivity index is 1.97. The third kappa shape index (κ3) is 3.30. The minimum absolute atomic E-state index is 0.579. The van der Waals surface area contributed by atoms with Crippen molar-refractivity contribution in [3.63, 3.8) is 0 Å². The molecule has 2 heterocycles. The SMILES string of the molecule is CCCC1CN(C(C)c2ccc(C)s2)CCN1. The van der Waals surface area contributed by atoms with Crippen molar-refractivity contribution in [2.45, 2.75) is 45.7 Å². The fraction of sp³-hybridized carbons (Fsp3) is 0.714. The zero-order valence-corrected chi connectivity index (χ0v) is 12.0. The van der Waals surface area contributed by atoms with E-state index in [1.54, 1.807) is 0 Å². The molecule has 0 bridgehead atoms. The van der Waals surface area contributed by atoms with Crippen LogP contribution in [0.5, 0.6) is 0 Å². The lowest BCUT2D eigenvalue weighted by Gasteiger charge is -2.37. The molecule has 17 heavy (non-hydrogen) atoms. The van der Waals surface area contributed by atoms with Crippen molar-refractivity contribution < 1.29 is 0 Å². The summed E-state index contributed by atoms with van der Waals surface area (Å²) < 4.78 is 0. The van der Waals surface area contributed by atoms with Crippen molar-refractivity contribution >= 4 is 11.3 Å². The van der Waals surface area contributed by atoms with Crippen molar-refractivity contribution in [2.24, 2.45) is 0 Å². The van der Waals surface area contributed by atoms with Crippen LogP contribution in [-0.2, 0) is 0 Å². The van der Waals surface area contributed by atoms with E-state index in [-0.39, 0.29) is 0 Å². The van der Waals surface area contributed by atoms with E-state index in [0.29, 0.717) is 12.1 Å². The summed E-state index contributed by atoms with van der Waals surface area (Å²) in [5.41, 5.74) is 0. The highest BCUT2D eigenvalue weighted by Crippen LogP contribution is 2.28. The molecule has 1 fully saturated rings. The Hall–Kier alpha value is -0.380. The Morgan fingerprint density at radius 2 is 2.35 bits per heavy atom. The lowest BCUT2D eigenvalue weighted by atomic mass is 10.1. The fourth-order valence-corrected chi connectivity index (χ4v) is 3.57. The molecule has 1 aromatic rings. The standard InChI is InChI=1S/C14H24N2S/c1-4-5-13-10-16(9-8-15-13)12(3)14-7-6-11(2)17-14/h6-7,12-13,15H,4-5,8-10H2,1-3H3. The van der Waals surface area contributed by atoms with Crippen LogP contribution in [0.15, 0.2) is 12.1 Å². The summed E-state index contributed by atoms with van der Waals surface area (Å²) in [6.45, 7) is 10.3. The highest BCUT2D eigenvalue weighted by atomic mass is 32.1. The van der Waals surface area contributed by atoms with Crippen molar-refractivity contribution in [3.8, 4) is 0 Å². The van der Waals surface area contributed by atoms with Gasteiger partial charge in [-0.1, -0.05) is 13.3 Å². The molecule has 1 aliphatic heterocycles. The number of aryl methyl sites for hydroxylation is 1. The van der Waals surface area contributed by atoms with Crippen LogP contribution in [0.4, 0.5) is 0 Å². The summed E-state index contributed by atoms with van der Waals surface area (Å²) >= 11 is 1.94. The van der Waals surface area contributed by atoms with E-state index in [2.05, 4.69) is 43.1 Å². The monoisotopic (exact) mass is 252 g/mol. The first-order valence-electron chi connectivity index (χ1n) is 6.74. The first-order valence-corrected chi connectivity index (χ1v) is 7.56. The molecule has 2 atom stereocenters. The second-order valence-electron chi connectivity index (χ2n) is 5.06. The molecule has 1 saturated heterocycles. The highest BCUT2D eigenvalue weighted by Gasteiger charge is 2.23. The number of rotatable bonds is 4. The molecule has 1 N–H and O–H groups in total. The number of hydrogen-bond donors (Lipinski definition) is 1. The van der Waals surface area contributed by atoms with Gasteiger partial charge >= 0.3 is 0 Å². The molecule has 1 aliphatic rings. The molecule has 0 aliphatic carbocycles. The maximum absolute atomic E-state index is 3.62. The van der Waals surface area contributed by atoms with Gasteiger partial charge in [0.1, 0.15) is 0 Å². The largest absolute Gasteiger partial charge is 0.311 e. The number of nitrogens with zero attached hydrogens (tertiary/aromatic N) is 1. The van der Waals surface area contributed by atoms with Crippen LogP contribution in [0, 0.1) is 6.92 Å². The Labute approximate surface area is 109 Å². The van der Waals surface area contributed by atoms with Crippen LogP contribution in [0.25, 0.3) is 0 Å². The molecule has 0 spiro atoms. The predicted octanol–water partition coefficient (Wildman–Crippen LogP) is 3.19. The van der Waals surface area contributed by atoms with Gasteiger partial charge in [-0.3, -0.25) is 4.90 Å². The second kappa shape index (κ2) is 5.98. The molecule has 2 unspecified atom stereocenters. The minimum Gasteiger partial charge on any atom is -0.311 e. The smallest absolute Gasteiger partial charge is 0.0414 e. The number of hydrogen-bond acceptors (Lipinski definition) is 3. The second-order valence-corrected chi connectivity index (χ2v) is 6.38. The van der Waals surface area contributed by atoms with Crippen LogP contribution in [0.2, 0.25) is 0 Å². The van der Waals surface area contributed by atoms with Gasteiger partial charge in [0.25, 0.3) is 0 Å². The average Bonchev–Trinajstić information content (AvgIpc) is 2.76. The summed E-state index contributed by atoms with van der Waals surface area (Å²) in [5.74, 6) is 0. The normalized spacial score (nSPS) is 23.8. The zero-order valence-electron chi connectivity index (χ0n) is 11.2. The molecule has 0 saturated carbocycles. The third-order valence-corrected chi connectivity index (χ3v) is 4.82. The summed E-state index contributed by atoms with van der Waals surface area (Å²) in [5, 5.41) is 3.62. The summed E-state index contributed by atoms with van der Waals surface area (Å²) in [6.07, 6.45) is 2.57. The van der Waals surface area contributed by atoms with Gasteiger partial charge in [-0.25, -0.2) is 0 Å². The van der Waals surface area contributed by atoms with Crippen LogP contribution >= 0.6 is 11.3 Å². The van der Waals surface area contributed by atoms with Crippen molar-refractivity contribution in [1.82, 2.24) is 10.2 Å². The van der Waals surface area contributed by atoms with Gasteiger partial charge in [-0.05, 0) is 32.4 Å². The van der Waals surface area contributed by atoms with Gasteiger partial charge in [0.15, 0.2) is 0 Å². The molecule has 1 aromatic heterocycles. The first-order chi connectivity index (χ1) is 8.20. The molecule has 0 amide bonds. The van der Waals surface area contributed by atoms with E-state index in [1.165, 1.54) is 35.7 Å². The van der Waals surface area contributed by atoms with Gasteiger partial charge in [0, 0.05) is 41.5 Å². The minimum atomic E-state index is 0.579. The first kappa shape index (κ1) is 13.1. The maximum atomic E-state index is 3.62. The quantitative estimate of drug-likeness (QED) is 0.885. The van der Waals surface area contributed by atoms with Crippen LogP contribution in [0.3, 0.4) is 0 Å². The van der Waals surface area contributed by atoms with E-state index in [4.69, 9.17) is 0 Å². The topological polar surface area (TPSA) is 15.3 Å². The molecule has 0 aromatic carbocycles. The predicted molar refractivity (Wildman–Crippen MR) is 75.7 cm³/mol. The van der Waals surface area contributed by atoms with Crippen molar-refractivity contribution in [2.75, 3.05) is 19.6 Å². The van der Waals surface area contributed by atoms with E-state index >= 15 is 0 Å². The van der Waals surface area contributed by atoms with Gasteiger partial charge < -0.3 is 5.32 Å². The molecule has 3 heteroatoms.